The molecule has 12 rings (SSSR count). The minimum absolute atomic E-state index is 0.0973. The Morgan fingerprint density at radius 3 is 2.04 bits per heavy atom. The summed E-state index contributed by atoms with van der Waals surface area (Å²) in [5.74, 6) is 0.872. The van der Waals surface area contributed by atoms with E-state index >= 15 is 0 Å². The summed E-state index contributed by atoms with van der Waals surface area (Å²) in [5.41, 5.74) is 10.8. The van der Waals surface area contributed by atoms with Gasteiger partial charge in [-0.3, -0.25) is 5.32 Å². The van der Waals surface area contributed by atoms with Crippen LogP contribution in [0.2, 0.25) is 0 Å². The van der Waals surface area contributed by atoms with Crippen LogP contribution in [0.1, 0.15) is 29.0 Å². The molecule has 0 amide bonds. The molecule has 8 aromatic carbocycles. The van der Waals surface area contributed by atoms with E-state index in [4.69, 9.17) is 9.41 Å². The minimum Gasteiger partial charge on any atom is -0.456 e. The quantitative estimate of drug-likeness (QED) is 0.184. The number of thiophene rings is 1. The number of nitrogens with one attached hydrogen (secondary N) is 2. The zero-order chi connectivity index (χ0) is 37.5. The maximum atomic E-state index is 6.60. The van der Waals surface area contributed by atoms with Gasteiger partial charge in [-0.05, 0) is 82.9 Å². The third kappa shape index (κ3) is 5.22. The minimum atomic E-state index is -0.243. The molecule has 2 unspecified atom stereocenters. The molecule has 270 valence electrons. The van der Waals surface area contributed by atoms with E-state index in [1.165, 1.54) is 42.1 Å². The number of para-hydroxylation sites is 1. The summed E-state index contributed by atoms with van der Waals surface area (Å²) in [6.07, 6.45) is -0.340. The average Bonchev–Trinajstić information content (AvgIpc) is 3.96. The fraction of sp³-hybridized carbons (Fsp3) is 0.0392. The van der Waals surface area contributed by atoms with Crippen molar-refractivity contribution in [3.05, 3.63) is 199 Å². The largest absolute Gasteiger partial charge is 0.456 e. The van der Waals surface area contributed by atoms with Crippen LogP contribution in [-0.2, 0) is 0 Å². The number of furan rings is 1. The van der Waals surface area contributed by atoms with Gasteiger partial charge >= 0.3 is 0 Å². The number of aromatic nitrogens is 1. The smallest absolute Gasteiger partial charge is 0.137 e. The van der Waals surface area contributed by atoms with E-state index in [-0.39, 0.29) is 12.3 Å². The maximum Gasteiger partial charge on any atom is 0.137 e. The van der Waals surface area contributed by atoms with Crippen LogP contribution in [0.15, 0.2) is 191 Å². The summed E-state index contributed by atoms with van der Waals surface area (Å²) < 4.78 is 11.6. The molecule has 2 N–H and O–H groups in total. The number of aliphatic imine (C=N–C) groups is 1. The van der Waals surface area contributed by atoms with Crippen LogP contribution in [0.3, 0.4) is 0 Å². The van der Waals surface area contributed by atoms with Crippen molar-refractivity contribution in [2.45, 2.75) is 12.3 Å². The molecule has 2 atom stereocenters. The van der Waals surface area contributed by atoms with Gasteiger partial charge < -0.3 is 14.3 Å². The summed E-state index contributed by atoms with van der Waals surface area (Å²) in [6, 6.07) is 65.0. The summed E-state index contributed by atoms with van der Waals surface area (Å²) in [7, 11) is 0. The normalized spacial score (nSPS) is 15.9. The monoisotopic (exact) mass is 750 g/mol. The lowest BCUT2D eigenvalue weighted by atomic mass is 10.00. The Morgan fingerprint density at radius 2 is 1.19 bits per heavy atom. The van der Waals surface area contributed by atoms with Gasteiger partial charge in [0.1, 0.15) is 29.3 Å². The van der Waals surface area contributed by atoms with Gasteiger partial charge in [0, 0.05) is 47.6 Å². The second-order valence-electron chi connectivity index (χ2n) is 14.8. The van der Waals surface area contributed by atoms with Crippen LogP contribution >= 0.6 is 11.3 Å². The Labute approximate surface area is 332 Å². The SMILES string of the molecule is c1ccc(C2=NC(c3ccc(-n4c5ccccc5c5ccc6oc7ccc(-c8ccc9sc%10ccccc%10c9c8)cc7c6c54)cc3)NC(c3ccccc3)N2)cc1. The molecule has 0 radical (unpaired) electrons. The zero-order valence-electron chi connectivity index (χ0n) is 30.7. The van der Waals surface area contributed by atoms with Crippen LogP contribution in [0.5, 0.6) is 0 Å². The molecule has 1 aliphatic heterocycles. The molecule has 4 heterocycles. The fourth-order valence-electron chi connectivity index (χ4n) is 8.77. The molecule has 0 saturated heterocycles. The first kappa shape index (κ1) is 32.3. The standard InChI is InChI=1S/C51H34N4OS/c1-3-11-31(12-4-1)49-52-50(32-13-5-2-6-14-32)54-51(53-49)33-19-23-36(24-20-33)55-42-17-9-7-15-37(42)39-25-27-44-47(48(39)55)41-30-34(21-26-43(41)56-44)35-22-28-46-40(29-35)38-16-8-10-18-45(38)57-46/h1-30,49,51,53H,(H,52,54). The number of rotatable bonds is 5. The highest BCUT2D eigenvalue weighted by Gasteiger charge is 2.26. The fourth-order valence-corrected chi connectivity index (χ4v) is 9.85. The Kier molecular flexibility index (Phi) is 7.24. The topological polar surface area (TPSA) is 54.5 Å². The number of benzene rings is 8. The highest BCUT2D eigenvalue weighted by atomic mass is 32.1. The van der Waals surface area contributed by atoms with E-state index in [1.54, 1.807) is 0 Å². The van der Waals surface area contributed by atoms with E-state index in [2.05, 4.69) is 191 Å². The summed E-state index contributed by atoms with van der Waals surface area (Å²) >= 11 is 1.85. The van der Waals surface area contributed by atoms with Crippen molar-refractivity contribution in [2.24, 2.45) is 4.99 Å². The molecule has 1 aliphatic rings. The third-order valence-electron chi connectivity index (χ3n) is 11.5. The first-order valence-electron chi connectivity index (χ1n) is 19.3. The van der Waals surface area contributed by atoms with Crippen molar-refractivity contribution in [2.75, 3.05) is 0 Å². The van der Waals surface area contributed by atoms with E-state index in [9.17, 15) is 0 Å². The molecular weight excluding hydrogens is 717 g/mol. The van der Waals surface area contributed by atoms with E-state index in [1.807, 2.05) is 17.4 Å². The Morgan fingerprint density at radius 1 is 0.509 bits per heavy atom. The van der Waals surface area contributed by atoms with E-state index < -0.39 is 0 Å². The number of hydrogen-bond acceptors (Lipinski definition) is 5. The second kappa shape index (κ2) is 12.8. The van der Waals surface area contributed by atoms with Gasteiger partial charge in [0.05, 0.1) is 16.4 Å². The lowest BCUT2D eigenvalue weighted by Crippen LogP contribution is -2.44. The predicted octanol–water partition coefficient (Wildman–Crippen LogP) is 13.1. The van der Waals surface area contributed by atoms with Crippen LogP contribution < -0.4 is 10.6 Å². The highest BCUT2D eigenvalue weighted by molar-refractivity contribution is 7.25. The van der Waals surface area contributed by atoms with Gasteiger partial charge in [-0.15, -0.1) is 11.3 Å². The van der Waals surface area contributed by atoms with Crippen LogP contribution in [0.4, 0.5) is 0 Å². The van der Waals surface area contributed by atoms with Gasteiger partial charge in [-0.25, -0.2) is 4.99 Å². The highest BCUT2D eigenvalue weighted by Crippen LogP contribution is 2.43. The lowest BCUT2D eigenvalue weighted by Gasteiger charge is -2.32. The average molecular weight is 751 g/mol. The summed E-state index contributed by atoms with van der Waals surface area (Å²) in [4.78, 5) is 5.20. The van der Waals surface area contributed by atoms with Gasteiger partial charge in [0.2, 0.25) is 0 Å². The predicted molar refractivity (Wildman–Crippen MR) is 238 cm³/mol. The van der Waals surface area contributed by atoms with Crippen LogP contribution in [0, 0.1) is 0 Å². The molecule has 57 heavy (non-hydrogen) atoms. The summed E-state index contributed by atoms with van der Waals surface area (Å²) in [5, 5.41) is 14.6. The molecule has 0 bridgehead atoms. The lowest BCUT2D eigenvalue weighted by molar-refractivity contribution is 0.409. The Bertz CT molecular complexity index is 3360. The molecule has 6 heteroatoms. The number of hydrogen-bond donors (Lipinski definition) is 2. The van der Waals surface area contributed by atoms with Gasteiger partial charge in [-0.2, -0.15) is 0 Å². The van der Waals surface area contributed by atoms with Crippen LogP contribution in [0.25, 0.3) is 80.7 Å². The first-order chi connectivity index (χ1) is 28.2. The van der Waals surface area contributed by atoms with Crippen molar-refractivity contribution < 1.29 is 4.42 Å². The first-order valence-corrected chi connectivity index (χ1v) is 20.2. The second-order valence-corrected chi connectivity index (χ2v) is 15.9. The van der Waals surface area contributed by atoms with E-state index in [0.29, 0.717) is 0 Å². The van der Waals surface area contributed by atoms with Gasteiger partial charge in [0.25, 0.3) is 0 Å². The van der Waals surface area contributed by atoms with Crippen molar-refractivity contribution in [3.63, 3.8) is 0 Å². The molecular formula is C51H34N4OS. The third-order valence-corrected chi connectivity index (χ3v) is 12.6. The molecule has 11 aromatic rings. The van der Waals surface area contributed by atoms with Crippen molar-refractivity contribution in [1.82, 2.24) is 15.2 Å². The molecule has 5 nitrogen and oxygen atoms in total. The molecule has 0 fully saturated rings. The molecule has 0 spiro atoms. The molecule has 0 aliphatic carbocycles. The van der Waals surface area contributed by atoms with Crippen molar-refractivity contribution in [3.8, 4) is 16.8 Å². The Balaban J connectivity index is 1.00. The Hall–Kier alpha value is -6.99. The van der Waals surface area contributed by atoms with Gasteiger partial charge in [0.15, 0.2) is 0 Å². The van der Waals surface area contributed by atoms with Crippen molar-refractivity contribution in [1.29, 1.82) is 0 Å². The van der Waals surface area contributed by atoms with Crippen molar-refractivity contribution >= 4 is 81.1 Å². The zero-order valence-corrected chi connectivity index (χ0v) is 31.5. The van der Waals surface area contributed by atoms with E-state index in [0.717, 1.165) is 61.2 Å². The van der Waals surface area contributed by atoms with Gasteiger partial charge in [-0.1, -0.05) is 121 Å². The molecule has 0 saturated carbocycles. The number of amidine groups is 1. The maximum absolute atomic E-state index is 6.60. The number of nitrogens with zero attached hydrogens (tertiary/aromatic N) is 2. The summed E-state index contributed by atoms with van der Waals surface area (Å²) in [6.45, 7) is 0. The molecule has 3 aromatic heterocycles. The number of fused-ring (bicyclic) bond motifs is 10. The van der Waals surface area contributed by atoms with Crippen LogP contribution in [-0.4, -0.2) is 10.4 Å².